The summed E-state index contributed by atoms with van der Waals surface area (Å²) < 4.78 is 4.96. The Hall–Kier alpha value is -1.06. The molecule has 3 nitrogen and oxygen atoms in total. The topological polar surface area (TPSA) is 38.9 Å². The minimum atomic E-state index is 0. The molecule has 2 rings (SSSR count). The molecule has 0 N–H and O–H groups in total. The molecule has 2 aromatic heterocycles. The van der Waals surface area contributed by atoms with Gasteiger partial charge in [-0.15, -0.1) is 24.0 Å². The van der Waals surface area contributed by atoms with Crippen molar-refractivity contribution in [3.63, 3.8) is 0 Å². The average Bonchev–Trinajstić information content (AvgIpc) is 2.67. The van der Waals surface area contributed by atoms with Gasteiger partial charge in [-0.1, -0.05) is 5.16 Å². The summed E-state index contributed by atoms with van der Waals surface area (Å²) in [6.07, 6.45) is 3.45. The van der Waals surface area contributed by atoms with Crippen LogP contribution in [0.25, 0.3) is 11.3 Å². The molecule has 0 unspecified atom stereocenters. The van der Waals surface area contributed by atoms with Crippen LogP contribution in [0.1, 0.15) is 5.76 Å². The Balaban J connectivity index is 0.000000980. The Morgan fingerprint density at radius 2 is 2.29 bits per heavy atom. The lowest BCUT2D eigenvalue weighted by atomic mass is 10.2. The molecule has 0 aliphatic rings. The quantitative estimate of drug-likeness (QED) is 0.746. The molecule has 0 spiro atoms. The van der Waals surface area contributed by atoms with E-state index in [9.17, 15) is 0 Å². The van der Waals surface area contributed by atoms with E-state index >= 15 is 0 Å². The van der Waals surface area contributed by atoms with Crippen molar-refractivity contribution < 1.29 is 4.52 Å². The third kappa shape index (κ3) is 2.25. The van der Waals surface area contributed by atoms with Crippen LogP contribution in [0.5, 0.6) is 0 Å². The first-order valence-electron chi connectivity index (χ1n) is 3.82. The molecular weight excluding hydrogens is 223 g/mol. The molecule has 0 radical (unpaired) electrons. The van der Waals surface area contributed by atoms with Gasteiger partial charge in [-0.3, -0.25) is 4.98 Å². The van der Waals surface area contributed by atoms with Gasteiger partial charge in [0.05, 0.1) is 5.88 Å². The van der Waals surface area contributed by atoms with Crippen LogP contribution in [0.2, 0.25) is 0 Å². The Bertz CT molecular complexity index is 389. The number of pyridine rings is 1. The normalized spacial score (nSPS) is 9.50. The SMILES string of the molecule is Cl.ClCc1cc(-c2cccnc2)no1. The highest BCUT2D eigenvalue weighted by atomic mass is 35.5. The molecule has 0 aliphatic heterocycles. The molecule has 0 bridgehead atoms. The zero-order chi connectivity index (χ0) is 9.10. The Morgan fingerprint density at radius 3 is 2.86 bits per heavy atom. The maximum absolute atomic E-state index is 5.58. The van der Waals surface area contributed by atoms with Gasteiger partial charge in [-0.25, -0.2) is 0 Å². The minimum Gasteiger partial charge on any atom is -0.359 e. The molecular formula is C9H8Cl2N2O. The molecule has 14 heavy (non-hydrogen) atoms. The second kappa shape index (κ2) is 4.98. The highest BCUT2D eigenvalue weighted by Gasteiger charge is 2.04. The van der Waals surface area contributed by atoms with Crippen molar-refractivity contribution >= 4 is 24.0 Å². The smallest absolute Gasteiger partial charge is 0.152 e. The number of nitrogens with zero attached hydrogens (tertiary/aromatic N) is 2. The first-order valence-corrected chi connectivity index (χ1v) is 4.35. The van der Waals surface area contributed by atoms with Crippen LogP contribution in [0.15, 0.2) is 35.1 Å². The van der Waals surface area contributed by atoms with Crippen molar-refractivity contribution in [2.75, 3.05) is 0 Å². The number of rotatable bonds is 2. The van der Waals surface area contributed by atoms with Crippen LogP contribution in [-0.4, -0.2) is 10.1 Å². The molecule has 0 aromatic carbocycles. The van der Waals surface area contributed by atoms with E-state index in [2.05, 4.69) is 10.1 Å². The molecule has 2 aromatic rings. The molecule has 0 saturated heterocycles. The predicted molar refractivity (Wildman–Crippen MR) is 56.5 cm³/mol. The van der Waals surface area contributed by atoms with Gasteiger partial charge in [0.1, 0.15) is 5.69 Å². The first kappa shape index (κ1) is 11.0. The zero-order valence-electron chi connectivity index (χ0n) is 7.18. The summed E-state index contributed by atoms with van der Waals surface area (Å²) in [5, 5.41) is 3.86. The summed E-state index contributed by atoms with van der Waals surface area (Å²) in [7, 11) is 0. The van der Waals surface area contributed by atoms with Gasteiger partial charge in [-0.2, -0.15) is 0 Å². The van der Waals surface area contributed by atoms with E-state index in [4.69, 9.17) is 16.1 Å². The summed E-state index contributed by atoms with van der Waals surface area (Å²) in [4.78, 5) is 3.98. The van der Waals surface area contributed by atoms with Crippen LogP contribution in [0.4, 0.5) is 0 Å². The van der Waals surface area contributed by atoms with E-state index in [0.717, 1.165) is 11.3 Å². The fraction of sp³-hybridized carbons (Fsp3) is 0.111. The number of hydrogen-bond acceptors (Lipinski definition) is 3. The van der Waals surface area contributed by atoms with E-state index < -0.39 is 0 Å². The van der Waals surface area contributed by atoms with Crippen LogP contribution in [0.3, 0.4) is 0 Å². The molecule has 0 aliphatic carbocycles. The maximum Gasteiger partial charge on any atom is 0.152 e. The summed E-state index contributed by atoms with van der Waals surface area (Å²) in [6, 6.07) is 5.58. The first-order chi connectivity index (χ1) is 6.40. The largest absolute Gasteiger partial charge is 0.359 e. The van der Waals surface area contributed by atoms with Gasteiger partial charge in [0, 0.05) is 24.0 Å². The number of halogens is 2. The van der Waals surface area contributed by atoms with Crippen molar-refractivity contribution in [1.82, 2.24) is 10.1 Å². The highest BCUT2D eigenvalue weighted by molar-refractivity contribution is 6.16. The summed E-state index contributed by atoms with van der Waals surface area (Å²) >= 11 is 5.58. The Kier molecular flexibility index (Phi) is 3.92. The molecule has 0 amide bonds. The Morgan fingerprint density at radius 1 is 1.43 bits per heavy atom. The highest BCUT2D eigenvalue weighted by Crippen LogP contribution is 2.18. The van der Waals surface area contributed by atoms with Crippen molar-refractivity contribution in [1.29, 1.82) is 0 Å². The van der Waals surface area contributed by atoms with Crippen molar-refractivity contribution in [3.8, 4) is 11.3 Å². The van der Waals surface area contributed by atoms with Crippen molar-refractivity contribution in [2.45, 2.75) is 5.88 Å². The number of aromatic nitrogens is 2. The van der Waals surface area contributed by atoms with Crippen LogP contribution in [0, 0.1) is 0 Å². The molecule has 0 saturated carbocycles. The third-order valence-electron chi connectivity index (χ3n) is 1.65. The summed E-state index contributed by atoms with van der Waals surface area (Å²) in [5.74, 6) is 1.01. The lowest BCUT2D eigenvalue weighted by molar-refractivity contribution is 0.396. The lowest BCUT2D eigenvalue weighted by Gasteiger charge is -1.90. The van der Waals surface area contributed by atoms with E-state index in [-0.39, 0.29) is 12.4 Å². The van der Waals surface area contributed by atoms with Crippen LogP contribution < -0.4 is 0 Å². The standard InChI is InChI=1S/C9H7ClN2O.ClH/c10-5-8-4-9(12-13-8)7-2-1-3-11-6-7;/h1-4,6H,5H2;1H. The van der Waals surface area contributed by atoms with Gasteiger partial charge in [0.2, 0.25) is 0 Å². The molecule has 0 fully saturated rings. The average molecular weight is 231 g/mol. The number of hydrogen-bond donors (Lipinski definition) is 0. The number of alkyl halides is 1. The van der Waals surface area contributed by atoms with E-state index in [0.29, 0.717) is 11.6 Å². The van der Waals surface area contributed by atoms with E-state index in [1.165, 1.54) is 0 Å². The van der Waals surface area contributed by atoms with Gasteiger partial charge < -0.3 is 4.52 Å². The second-order valence-corrected chi connectivity index (χ2v) is 2.82. The summed E-state index contributed by atoms with van der Waals surface area (Å²) in [6.45, 7) is 0. The van der Waals surface area contributed by atoms with Crippen LogP contribution >= 0.6 is 24.0 Å². The lowest BCUT2D eigenvalue weighted by Crippen LogP contribution is -1.76. The summed E-state index contributed by atoms with van der Waals surface area (Å²) in [5.41, 5.74) is 1.70. The molecule has 5 heteroatoms. The fourth-order valence-corrected chi connectivity index (χ4v) is 1.15. The molecule has 74 valence electrons. The van der Waals surface area contributed by atoms with Crippen molar-refractivity contribution in [3.05, 3.63) is 36.4 Å². The Labute approximate surface area is 92.5 Å². The van der Waals surface area contributed by atoms with Gasteiger partial charge in [0.25, 0.3) is 0 Å². The fourth-order valence-electron chi connectivity index (χ4n) is 1.03. The maximum atomic E-state index is 5.58. The monoisotopic (exact) mass is 230 g/mol. The van der Waals surface area contributed by atoms with Gasteiger partial charge in [0.15, 0.2) is 5.76 Å². The van der Waals surface area contributed by atoms with E-state index in [1.807, 2.05) is 18.2 Å². The van der Waals surface area contributed by atoms with Crippen LogP contribution in [-0.2, 0) is 5.88 Å². The molecule has 2 heterocycles. The van der Waals surface area contributed by atoms with Gasteiger partial charge >= 0.3 is 0 Å². The predicted octanol–water partition coefficient (Wildman–Crippen LogP) is 2.90. The van der Waals surface area contributed by atoms with E-state index in [1.54, 1.807) is 12.4 Å². The third-order valence-corrected chi connectivity index (χ3v) is 1.91. The molecule has 0 atom stereocenters. The van der Waals surface area contributed by atoms with Gasteiger partial charge in [-0.05, 0) is 12.1 Å². The van der Waals surface area contributed by atoms with Crippen molar-refractivity contribution in [2.24, 2.45) is 0 Å². The zero-order valence-corrected chi connectivity index (χ0v) is 8.76. The second-order valence-electron chi connectivity index (χ2n) is 2.55. The minimum absolute atomic E-state index is 0.